The molecule has 0 aromatic carbocycles. The minimum absolute atomic E-state index is 0.108. The van der Waals surface area contributed by atoms with E-state index in [4.69, 9.17) is 4.74 Å². The second-order valence-corrected chi connectivity index (χ2v) is 6.34. The van der Waals surface area contributed by atoms with Crippen molar-refractivity contribution in [1.82, 2.24) is 4.98 Å². The van der Waals surface area contributed by atoms with Crippen LogP contribution in [-0.4, -0.2) is 16.7 Å². The fourth-order valence-corrected chi connectivity index (χ4v) is 2.72. The summed E-state index contributed by atoms with van der Waals surface area (Å²) in [7, 11) is 0. The number of nitrogens with zero attached hydrogens (tertiary/aromatic N) is 2. The SMILES string of the molecule is CCOC(c1ccc(C(F)(F)F)o1)C(C#N)C(O)c1cc(C(F)(F)F)nc(C(F)(F)F)c1. The highest BCUT2D eigenvalue weighted by Gasteiger charge is 2.42. The molecule has 1 N–H and O–H groups in total. The fourth-order valence-electron chi connectivity index (χ4n) is 2.72. The Morgan fingerprint density at radius 1 is 1.00 bits per heavy atom. The van der Waals surface area contributed by atoms with Gasteiger partial charge in [-0.3, -0.25) is 0 Å². The summed E-state index contributed by atoms with van der Waals surface area (Å²) in [5.74, 6) is -4.02. The third-order valence-electron chi connectivity index (χ3n) is 4.12. The topological polar surface area (TPSA) is 79.3 Å². The number of aliphatic hydroxyl groups excluding tert-OH is 1. The normalized spacial score (nSPS) is 15.8. The van der Waals surface area contributed by atoms with Crippen LogP contribution in [0, 0.1) is 17.2 Å². The van der Waals surface area contributed by atoms with Crippen molar-refractivity contribution in [2.45, 2.75) is 37.7 Å². The third kappa shape index (κ3) is 5.71. The van der Waals surface area contributed by atoms with E-state index in [0.717, 1.165) is 6.07 Å². The summed E-state index contributed by atoms with van der Waals surface area (Å²) in [5.41, 5.74) is -4.95. The highest BCUT2D eigenvalue weighted by atomic mass is 19.4. The van der Waals surface area contributed by atoms with Crippen LogP contribution < -0.4 is 0 Å². The molecular weight excluding hydrogens is 463 g/mol. The van der Waals surface area contributed by atoms with E-state index < -0.39 is 65.1 Å². The van der Waals surface area contributed by atoms with Crippen LogP contribution in [0.3, 0.4) is 0 Å². The molecule has 0 aliphatic rings. The average molecular weight is 476 g/mol. The van der Waals surface area contributed by atoms with E-state index in [1.54, 1.807) is 0 Å². The number of halogens is 9. The summed E-state index contributed by atoms with van der Waals surface area (Å²) in [6.07, 6.45) is -19.6. The van der Waals surface area contributed by atoms with Gasteiger partial charge in [0.15, 0.2) is 0 Å². The van der Waals surface area contributed by atoms with Crippen molar-refractivity contribution in [2.75, 3.05) is 6.61 Å². The van der Waals surface area contributed by atoms with Gasteiger partial charge in [0.1, 0.15) is 29.2 Å². The van der Waals surface area contributed by atoms with Crippen molar-refractivity contribution in [3.8, 4) is 6.07 Å². The molecule has 0 fully saturated rings. The number of alkyl halides is 9. The number of aliphatic hydroxyl groups is 1. The third-order valence-corrected chi connectivity index (χ3v) is 4.12. The molecule has 0 bridgehead atoms. The number of furan rings is 1. The van der Waals surface area contributed by atoms with E-state index in [1.165, 1.54) is 13.0 Å². The highest BCUT2D eigenvalue weighted by Crippen LogP contribution is 2.41. The second-order valence-electron chi connectivity index (χ2n) is 6.34. The van der Waals surface area contributed by atoms with Gasteiger partial charge in [-0.15, -0.1) is 0 Å². The van der Waals surface area contributed by atoms with Gasteiger partial charge in [0.05, 0.1) is 12.2 Å². The molecule has 0 saturated heterocycles. The summed E-state index contributed by atoms with van der Waals surface area (Å²) in [6, 6.07) is 2.94. The van der Waals surface area contributed by atoms with Gasteiger partial charge in [-0.1, -0.05) is 0 Å². The number of hydrogen-bond donors (Lipinski definition) is 1. The van der Waals surface area contributed by atoms with Crippen LogP contribution in [0.25, 0.3) is 0 Å². The Morgan fingerprint density at radius 3 is 1.91 bits per heavy atom. The molecule has 0 saturated carbocycles. The Kier molecular flexibility index (Phi) is 7.15. The van der Waals surface area contributed by atoms with Gasteiger partial charge in [-0.05, 0) is 36.8 Å². The van der Waals surface area contributed by atoms with Gasteiger partial charge >= 0.3 is 18.5 Å². The van der Waals surface area contributed by atoms with E-state index >= 15 is 0 Å². The van der Waals surface area contributed by atoms with E-state index in [9.17, 15) is 49.9 Å². The maximum absolute atomic E-state index is 13.0. The lowest BCUT2D eigenvalue weighted by atomic mass is 9.90. The predicted molar refractivity (Wildman–Crippen MR) is 86.4 cm³/mol. The first-order valence-corrected chi connectivity index (χ1v) is 8.62. The summed E-state index contributed by atoms with van der Waals surface area (Å²) >= 11 is 0. The minimum Gasteiger partial charge on any atom is -0.454 e. The number of pyridine rings is 1. The Labute approximate surface area is 174 Å². The van der Waals surface area contributed by atoms with Crippen molar-refractivity contribution in [1.29, 1.82) is 5.26 Å². The Hall–Kier alpha value is -2.79. The summed E-state index contributed by atoms with van der Waals surface area (Å²) < 4.78 is 126. The van der Waals surface area contributed by atoms with Crippen molar-refractivity contribution >= 4 is 0 Å². The molecule has 2 aromatic heterocycles. The summed E-state index contributed by atoms with van der Waals surface area (Å²) in [5, 5.41) is 19.9. The largest absolute Gasteiger partial charge is 0.454 e. The second kappa shape index (κ2) is 8.99. The number of ether oxygens (including phenoxy) is 1. The van der Waals surface area contributed by atoms with Crippen LogP contribution in [0.4, 0.5) is 39.5 Å². The lowest BCUT2D eigenvalue weighted by Crippen LogP contribution is -2.23. The van der Waals surface area contributed by atoms with Crippen LogP contribution in [0.2, 0.25) is 0 Å². The van der Waals surface area contributed by atoms with Gasteiger partial charge in [0, 0.05) is 6.61 Å². The molecule has 2 rings (SSSR count). The first kappa shape index (κ1) is 25.5. The zero-order valence-electron chi connectivity index (χ0n) is 15.8. The van der Waals surface area contributed by atoms with Crippen LogP contribution in [0.1, 0.15) is 47.6 Å². The molecule has 0 spiro atoms. The molecule has 0 radical (unpaired) electrons. The lowest BCUT2D eigenvalue weighted by Gasteiger charge is -2.25. The number of rotatable bonds is 6. The van der Waals surface area contributed by atoms with Crippen molar-refractivity contribution in [3.05, 3.63) is 52.7 Å². The molecular formula is C18H13F9N2O3. The predicted octanol–water partition coefficient (Wildman–Crippen LogP) is 5.68. The van der Waals surface area contributed by atoms with Crippen molar-refractivity contribution in [3.63, 3.8) is 0 Å². The molecule has 2 heterocycles. The zero-order chi connectivity index (χ0) is 24.5. The Morgan fingerprint density at radius 2 is 1.53 bits per heavy atom. The van der Waals surface area contributed by atoms with Gasteiger partial charge in [0.25, 0.3) is 0 Å². The Bertz CT molecular complexity index is 942. The van der Waals surface area contributed by atoms with E-state index in [2.05, 4.69) is 9.40 Å². The summed E-state index contributed by atoms with van der Waals surface area (Å²) in [4.78, 5) is 2.49. The molecule has 3 unspecified atom stereocenters. The van der Waals surface area contributed by atoms with Crippen LogP contribution in [0.5, 0.6) is 0 Å². The highest BCUT2D eigenvalue weighted by molar-refractivity contribution is 5.29. The molecule has 176 valence electrons. The maximum atomic E-state index is 13.0. The van der Waals surface area contributed by atoms with Crippen molar-refractivity contribution in [2.24, 2.45) is 5.92 Å². The molecule has 0 aliphatic heterocycles. The number of hydrogen-bond acceptors (Lipinski definition) is 5. The van der Waals surface area contributed by atoms with E-state index in [-0.39, 0.29) is 18.7 Å². The monoisotopic (exact) mass is 476 g/mol. The lowest BCUT2D eigenvalue weighted by molar-refractivity contribution is -0.154. The van der Waals surface area contributed by atoms with Crippen LogP contribution in [-0.2, 0) is 23.3 Å². The van der Waals surface area contributed by atoms with E-state index in [1.807, 2.05) is 0 Å². The quantitative estimate of drug-likeness (QED) is 0.543. The van der Waals surface area contributed by atoms with E-state index in [0.29, 0.717) is 6.07 Å². The first-order chi connectivity index (χ1) is 14.6. The number of aromatic nitrogens is 1. The molecule has 32 heavy (non-hydrogen) atoms. The molecule has 0 amide bonds. The zero-order valence-corrected chi connectivity index (χ0v) is 15.8. The molecule has 2 aromatic rings. The smallest absolute Gasteiger partial charge is 0.449 e. The van der Waals surface area contributed by atoms with Gasteiger partial charge < -0.3 is 14.3 Å². The number of nitriles is 1. The molecule has 3 atom stereocenters. The first-order valence-electron chi connectivity index (χ1n) is 8.62. The maximum Gasteiger partial charge on any atom is 0.449 e. The summed E-state index contributed by atoms with van der Waals surface area (Å²) in [6.45, 7) is 1.12. The van der Waals surface area contributed by atoms with Gasteiger partial charge in [0.2, 0.25) is 5.76 Å². The van der Waals surface area contributed by atoms with Gasteiger partial charge in [-0.25, -0.2) is 4.98 Å². The average Bonchev–Trinajstić information content (AvgIpc) is 3.16. The standard InChI is InChI=1S/C18H13F9N2O3/c1-2-31-15(10-3-4-13(32-10)18(25,26)27)9(7-28)14(30)8-5-11(16(19,20)21)29-12(6-8)17(22,23)24/h3-6,9,14-15,30H,2H2,1H3. The Balaban J connectivity index is 2.55. The molecule has 0 aliphatic carbocycles. The van der Waals surface area contributed by atoms with Crippen molar-refractivity contribution < 1.29 is 53.8 Å². The molecule has 5 nitrogen and oxygen atoms in total. The van der Waals surface area contributed by atoms with Gasteiger partial charge in [-0.2, -0.15) is 44.8 Å². The van der Waals surface area contributed by atoms with Crippen LogP contribution in [0.15, 0.2) is 28.7 Å². The molecule has 14 heteroatoms. The fraction of sp³-hybridized carbons (Fsp3) is 0.444. The van der Waals surface area contributed by atoms with Crippen LogP contribution >= 0.6 is 0 Å². The minimum atomic E-state index is -5.32.